The maximum atomic E-state index is 5.95. The quantitative estimate of drug-likeness (QED) is 0.743. The third kappa shape index (κ3) is 1.10. The summed E-state index contributed by atoms with van der Waals surface area (Å²) < 4.78 is 0. The van der Waals surface area contributed by atoms with Crippen LogP contribution in [0.4, 0.5) is 0 Å². The maximum Gasteiger partial charge on any atom is 0.0515 e. The van der Waals surface area contributed by atoms with Gasteiger partial charge < -0.3 is 5.73 Å². The summed E-state index contributed by atoms with van der Waals surface area (Å²) in [4.78, 5) is 1.33. The Kier molecular flexibility index (Phi) is 1.76. The number of halogens is 1. The van der Waals surface area contributed by atoms with Crippen LogP contribution in [-0.2, 0) is 0 Å². The van der Waals surface area contributed by atoms with Crippen LogP contribution in [0.2, 0.25) is 5.02 Å². The van der Waals surface area contributed by atoms with Gasteiger partial charge >= 0.3 is 0 Å². The van der Waals surface area contributed by atoms with E-state index in [0.717, 1.165) is 5.02 Å². The zero-order chi connectivity index (χ0) is 8.93. The Hall–Kier alpha value is -0.0500. The van der Waals surface area contributed by atoms with Gasteiger partial charge in [-0.1, -0.05) is 25.4 Å². The van der Waals surface area contributed by atoms with Crippen LogP contribution >= 0.6 is 22.9 Å². The summed E-state index contributed by atoms with van der Waals surface area (Å²) in [5.41, 5.74) is 6.22. The zero-order valence-corrected chi connectivity index (χ0v) is 8.75. The molecule has 0 spiro atoms. The molecule has 0 aliphatic heterocycles. The van der Waals surface area contributed by atoms with Crippen LogP contribution in [0.1, 0.15) is 24.6 Å². The Morgan fingerprint density at radius 2 is 2.17 bits per heavy atom. The van der Waals surface area contributed by atoms with Crippen LogP contribution < -0.4 is 5.73 Å². The fourth-order valence-electron chi connectivity index (χ4n) is 1.71. The molecular weight excluding hydrogens is 190 g/mol. The van der Waals surface area contributed by atoms with Gasteiger partial charge in [-0.25, -0.2) is 0 Å². The zero-order valence-electron chi connectivity index (χ0n) is 7.17. The average molecular weight is 202 g/mol. The summed E-state index contributed by atoms with van der Waals surface area (Å²) in [5.74, 6) is 0.523. The van der Waals surface area contributed by atoms with Gasteiger partial charge in [-0.05, 0) is 11.5 Å². The van der Waals surface area contributed by atoms with E-state index in [2.05, 4.69) is 13.8 Å². The average Bonchev–Trinajstić information content (AvgIpc) is 2.38. The van der Waals surface area contributed by atoms with E-state index in [4.69, 9.17) is 17.3 Å². The van der Waals surface area contributed by atoms with Crippen molar-refractivity contribution in [3.8, 4) is 0 Å². The van der Waals surface area contributed by atoms with Crippen molar-refractivity contribution in [3.63, 3.8) is 0 Å². The van der Waals surface area contributed by atoms with Gasteiger partial charge in [0.25, 0.3) is 0 Å². The topological polar surface area (TPSA) is 26.0 Å². The van der Waals surface area contributed by atoms with Crippen molar-refractivity contribution in [2.75, 3.05) is 0 Å². The minimum absolute atomic E-state index is 0.272. The molecule has 1 aromatic heterocycles. The highest BCUT2D eigenvalue weighted by Gasteiger charge is 2.56. The fraction of sp³-hybridized carbons (Fsp3) is 0.556. The van der Waals surface area contributed by atoms with Gasteiger partial charge in [0.15, 0.2) is 0 Å². The van der Waals surface area contributed by atoms with Gasteiger partial charge in [0, 0.05) is 22.2 Å². The number of thiophene rings is 1. The van der Waals surface area contributed by atoms with Gasteiger partial charge in [-0.15, -0.1) is 11.3 Å². The third-order valence-corrected chi connectivity index (χ3v) is 4.17. The summed E-state index contributed by atoms with van der Waals surface area (Å²) in [7, 11) is 0. The molecule has 0 radical (unpaired) electrons. The summed E-state index contributed by atoms with van der Waals surface area (Å²) in [6.07, 6.45) is 0. The molecule has 2 atom stereocenters. The predicted octanol–water partition coefficient (Wildman–Crippen LogP) is 2.85. The fourth-order valence-corrected chi connectivity index (χ4v) is 3.14. The van der Waals surface area contributed by atoms with Crippen LogP contribution in [0, 0.1) is 5.41 Å². The second kappa shape index (κ2) is 2.47. The molecule has 66 valence electrons. The second-order valence-electron chi connectivity index (χ2n) is 3.99. The molecule has 0 aromatic carbocycles. The van der Waals surface area contributed by atoms with Crippen LogP contribution in [-0.4, -0.2) is 6.04 Å². The molecule has 2 rings (SSSR count). The minimum atomic E-state index is 0.272. The van der Waals surface area contributed by atoms with Crippen molar-refractivity contribution < 1.29 is 0 Å². The van der Waals surface area contributed by atoms with Gasteiger partial charge in [-0.2, -0.15) is 0 Å². The maximum absolute atomic E-state index is 5.95. The van der Waals surface area contributed by atoms with Crippen molar-refractivity contribution in [3.05, 3.63) is 21.3 Å². The highest BCUT2D eigenvalue weighted by atomic mass is 35.5. The summed E-state index contributed by atoms with van der Waals surface area (Å²) in [5, 5.41) is 2.81. The highest BCUT2D eigenvalue weighted by Crippen LogP contribution is 2.58. The van der Waals surface area contributed by atoms with E-state index in [-0.39, 0.29) is 5.41 Å². The molecule has 3 heteroatoms. The van der Waals surface area contributed by atoms with Gasteiger partial charge in [0.05, 0.1) is 5.02 Å². The standard InChI is InChI=1S/C9H12ClNS/c1-9(2)7(8(9)11)6-3-5(10)4-12-6/h3-4,7-8H,11H2,1-2H3. The molecule has 1 aromatic rings. The van der Waals surface area contributed by atoms with Crippen LogP contribution in [0.3, 0.4) is 0 Å². The Balaban J connectivity index is 2.24. The molecule has 0 bridgehead atoms. The van der Waals surface area contributed by atoms with E-state index < -0.39 is 0 Å². The lowest BCUT2D eigenvalue weighted by Gasteiger charge is -1.97. The van der Waals surface area contributed by atoms with Gasteiger partial charge in [0.1, 0.15) is 0 Å². The highest BCUT2D eigenvalue weighted by molar-refractivity contribution is 7.10. The smallest absolute Gasteiger partial charge is 0.0515 e. The third-order valence-electron chi connectivity index (χ3n) is 2.80. The van der Waals surface area contributed by atoms with Crippen molar-refractivity contribution in [2.45, 2.75) is 25.8 Å². The molecule has 2 unspecified atom stereocenters. The largest absolute Gasteiger partial charge is 0.327 e. The molecule has 0 amide bonds. The SMILES string of the molecule is CC1(C)C(N)C1c1cc(Cl)cs1. The first-order valence-corrected chi connectivity index (χ1v) is 5.29. The van der Waals surface area contributed by atoms with Crippen molar-refractivity contribution in [2.24, 2.45) is 11.1 Å². The number of rotatable bonds is 1. The van der Waals surface area contributed by atoms with E-state index >= 15 is 0 Å². The molecule has 2 N–H and O–H groups in total. The summed E-state index contributed by atoms with van der Waals surface area (Å²) in [6, 6.07) is 2.35. The summed E-state index contributed by atoms with van der Waals surface area (Å²) in [6.45, 7) is 4.41. The van der Waals surface area contributed by atoms with E-state index in [9.17, 15) is 0 Å². The Morgan fingerprint density at radius 3 is 2.50 bits per heavy atom. The first-order valence-electron chi connectivity index (χ1n) is 4.03. The molecule has 1 saturated carbocycles. The lowest BCUT2D eigenvalue weighted by Crippen LogP contribution is -2.06. The van der Waals surface area contributed by atoms with Crippen molar-refractivity contribution in [1.82, 2.24) is 0 Å². The lowest BCUT2D eigenvalue weighted by atomic mass is 10.1. The molecule has 1 fully saturated rings. The molecule has 1 heterocycles. The van der Waals surface area contributed by atoms with E-state index in [0.29, 0.717) is 12.0 Å². The van der Waals surface area contributed by atoms with Crippen molar-refractivity contribution in [1.29, 1.82) is 0 Å². The van der Waals surface area contributed by atoms with Crippen LogP contribution in [0.15, 0.2) is 11.4 Å². The Morgan fingerprint density at radius 1 is 1.58 bits per heavy atom. The van der Waals surface area contributed by atoms with E-state index in [1.807, 2.05) is 11.4 Å². The monoisotopic (exact) mass is 201 g/mol. The molecule has 1 aliphatic rings. The molecule has 0 saturated heterocycles. The molecule has 12 heavy (non-hydrogen) atoms. The normalized spacial score (nSPS) is 32.0. The second-order valence-corrected chi connectivity index (χ2v) is 5.37. The van der Waals surface area contributed by atoms with E-state index in [1.54, 1.807) is 11.3 Å². The molecule has 1 aliphatic carbocycles. The Bertz CT molecular complexity index is 305. The van der Waals surface area contributed by atoms with Crippen LogP contribution in [0.25, 0.3) is 0 Å². The van der Waals surface area contributed by atoms with Crippen molar-refractivity contribution >= 4 is 22.9 Å². The Labute approximate surface area is 81.5 Å². The predicted molar refractivity (Wildman–Crippen MR) is 53.8 cm³/mol. The summed E-state index contributed by atoms with van der Waals surface area (Å²) >= 11 is 7.56. The number of hydrogen-bond donors (Lipinski definition) is 1. The van der Waals surface area contributed by atoms with E-state index in [1.165, 1.54) is 4.88 Å². The van der Waals surface area contributed by atoms with Gasteiger partial charge in [0.2, 0.25) is 0 Å². The number of nitrogens with two attached hydrogens (primary N) is 1. The molecule has 1 nitrogen and oxygen atoms in total. The minimum Gasteiger partial charge on any atom is -0.327 e. The lowest BCUT2D eigenvalue weighted by molar-refractivity contribution is 0.601. The number of hydrogen-bond acceptors (Lipinski definition) is 2. The first kappa shape index (κ1) is 8.54. The van der Waals surface area contributed by atoms with Crippen LogP contribution in [0.5, 0.6) is 0 Å². The first-order chi connectivity index (χ1) is 5.53. The molecular formula is C9H12ClNS. The van der Waals surface area contributed by atoms with Gasteiger partial charge in [-0.3, -0.25) is 0 Å².